The highest BCUT2D eigenvalue weighted by molar-refractivity contribution is 7.99. The minimum absolute atomic E-state index is 0.106. The van der Waals surface area contributed by atoms with Crippen LogP contribution >= 0.6 is 11.8 Å². The van der Waals surface area contributed by atoms with E-state index < -0.39 is 4.92 Å². The fourth-order valence-electron chi connectivity index (χ4n) is 1.11. The molecule has 1 heterocycles. The average molecular weight is 272 g/mol. The summed E-state index contributed by atoms with van der Waals surface area (Å²) in [6.07, 6.45) is 0.164. The first-order valence-electron chi connectivity index (χ1n) is 4.97. The largest absolute Gasteiger partial charge is 0.481 e. The van der Waals surface area contributed by atoms with Gasteiger partial charge in [0.05, 0.1) is 25.6 Å². The maximum atomic E-state index is 10.9. The van der Waals surface area contributed by atoms with Crippen LogP contribution in [0.2, 0.25) is 0 Å². The number of methoxy groups -OCH3 is 2. The first-order chi connectivity index (χ1) is 8.58. The lowest BCUT2D eigenvalue weighted by Crippen LogP contribution is -2.02. The first kappa shape index (κ1) is 14.2. The molecule has 98 valence electrons. The van der Waals surface area contributed by atoms with Gasteiger partial charge in [0.2, 0.25) is 5.88 Å². The molecule has 0 aliphatic heterocycles. The van der Waals surface area contributed by atoms with E-state index >= 15 is 0 Å². The molecule has 18 heavy (non-hydrogen) atoms. The van der Waals surface area contributed by atoms with Gasteiger partial charge in [0.15, 0.2) is 5.03 Å². The van der Waals surface area contributed by atoms with Gasteiger partial charge in [-0.1, -0.05) is 11.8 Å². The van der Waals surface area contributed by atoms with Crippen molar-refractivity contribution in [3.05, 3.63) is 22.2 Å². The highest BCUT2D eigenvalue weighted by atomic mass is 32.2. The Bertz CT molecular complexity index is 452. The number of nitro groups is 1. The molecule has 0 aliphatic rings. The third-order valence-corrected chi connectivity index (χ3v) is 2.98. The molecular formula is C10H12N2O5S. The molecule has 0 amide bonds. The summed E-state index contributed by atoms with van der Waals surface area (Å²) in [5.74, 6) is 0.280. The van der Waals surface area contributed by atoms with E-state index in [9.17, 15) is 14.9 Å². The van der Waals surface area contributed by atoms with Crippen LogP contribution in [0.5, 0.6) is 5.88 Å². The van der Waals surface area contributed by atoms with Crippen LogP contribution < -0.4 is 4.74 Å². The standard InChI is InChI=1S/C10H12N2O5S/c1-16-8-4-3-7(12(14)15)10(11-8)18-6-5-9(13)17-2/h3-4H,5-6H2,1-2H3. The van der Waals surface area contributed by atoms with Crippen LogP contribution in [0.4, 0.5) is 5.69 Å². The lowest BCUT2D eigenvalue weighted by Gasteiger charge is -2.04. The molecule has 1 aromatic rings. The van der Waals surface area contributed by atoms with E-state index in [1.807, 2.05) is 0 Å². The van der Waals surface area contributed by atoms with Crippen molar-refractivity contribution in [3.8, 4) is 5.88 Å². The molecule has 0 aliphatic carbocycles. The van der Waals surface area contributed by atoms with Crippen LogP contribution in [0.3, 0.4) is 0 Å². The van der Waals surface area contributed by atoms with Gasteiger partial charge in [0.1, 0.15) is 0 Å². The molecule has 1 rings (SSSR count). The number of carbonyl (C=O) groups excluding carboxylic acids is 1. The van der Waals surface area contributed by atoms with Crippen molar-refractivity contribution >= 4 is 23.4 Å². The fourth-order valence-corrected chi connectivity index (χ4v) is 2.02. The van der Waals surface area contributed by atoms with Crippen LogP contribution in [0.15, 0.2) is 17.2 Å². The number of aromatic nitrogens is 1. The minimum Gasteiger partial charge on any atom is -0.481 e. The monoisotopic (exact) mass is 272 g/mol. The van der Waals surface area contributed by atoms with Crippen LogP contribution in [-0.4, -0.2) is 35.8 Å². The normalized spacial score (nSPS) is 9.89. The molecule has 0 bridgehead atoms. The Kier molecular flexibility index (Phi) is 5.37. The summed E-state index contributed by atoms with van der Waals surface area (Å²) in [4.78, 5) is 25.2. The second kappa shape index (κ2) is 6.80. The third kappa shape index (κ3) is 3.88. The van der Waals surface area contributed by atoms with E-state index in [4.69, 9.17) is 4.74 Å². The molecule has 7 nitrogen and oxygen atoms in total. The van der Waals surface area contributed by atoms with Gasteiger partial charge < -0.3 is 9.47 Å². The van der Waals surface area contributed by atoms with Gasteiger partial charge >= 0.3 is 11.7 Å². The summed E-state index contributed by atoms with van der Waals surface area (Å²) < 4.78 is 9.38. The summed E-state index contributed by atoms with van der Waals surface area (Å²) in [6.45, 7) is 0. The summed E-state index contributed by atoms with van der Waals surface area (Å²) >= 11 is 1.11. The molecule has 0 saturated carbocycles. The molecule has 8 heteroatoms. The molecule has 0 radical (unpaired) electrons. The zero-order chi connectivity index (χ0) is 13.5. The Labute approximate surface area is 108 Å². The minimum atomic E-state index is -0.521. The quantitative estimate of drug-likeness (QED) is 0.336. The zero-order valence-electron chi connectivity index (χ0n) is 9.91. The van der Waals surface area contributed by atoms with Crippen molar-refractivity contribution in [2.75, 3.05) is 20.0 Å². The summed E-state index contributed by atoms with van der Waals surface area (Å²) in [7, 11) is 2.72. The van der Waals surface area contributed by atoms with Crippen molar-refractivity contribution in [1.82, 2.24) is 4.98 Å². The highest BCUT2D eigenvalue weighted by Crippen LogP contribution is 2.29. The first-order valence-corrected chi connectivity index (χ1v) is 5.96. The second-order valence-electron chi connectivity index (χ2n) is 3.11. The van der Waals surface area contributed by atoms with Crippen molar-refractivity contribution < 1.29 is 19.2 Å². The molecule has 0 N–H and O–H groups in total. The molecule has 0 aromatic carbocycles. The molecule has 0 unspecified atom stereocenters. The van der Waals surface area contributed by atoms with E-state index in [1.54, 1.807) is 0 Å². The predicted molar refractivity (Wildman–Crippen MR) is 64.8 cm³/mol. The summed E-state index contributed by atoms with van der Waals surface area (Å²) in [5.41, 5.74) is -0.106. The molecule has 1 aromatic heterocycles. The summed E-state index contributed by atoms with van der Waals surface area (Å²) in [5, 5.41) is 11.0. The van der Waals surface area contributed by atoms with Gasteiger partial charge in [0, 0.05) is 17.9 Å². The Morgan fingerprint density at radius 3 is 2.78 bits per heavy atom. The number of esters is 1. The molecule has 0 atom stereocenters. The van der Waals surface area contributed by atoms with Crippen molar-refractivity contribution in [2.45, 2.75) is 11.4 Å². The molecule has 0 fully saturated rings. The molecule has 0 saturated heterocycles. The number of hydrogen-bond acceptors (Lipinski definition) is 7. The number of nitrogens with zero attached hydrogens (tertiary/aromatic N) is 2. The topological polar surface area (TPSA) is 91.6 Å². The van der Waals surface area contributed by atoms with Crippen molar-refractivity contribution in [1.29, 1.82) is 0 Å². The predicted octanol–water partition coefficient (Wildman–Crippen LogP) is 1.65. The van der Waals surface area contributed by atoms with Gasteiger partial charge in [-0.15, -0.1) is 0 Å². The smallest absolute Gasteiger partial charge is 0.306 e. The van der Waals surface area contributed by atoms with E-state index in [0.29, 0.717) is 11.6 Å². The Morgan fingerprint density at radius 1 is 1.50 bits per heavy atom. The maximum absolute atomic E-state index is 10.9. The van der Waals surface area contributed by atoms with Gasteiger partial charge in [0.25, 0.3) is 0 Å². The van der Waals surface area contributed by atoms with Crippen molar-refractivity contribution in [3.63, 3.8) is 0 Å². The van der Waals surface area contributed by atoms with Crippen LogP contribution in [0.1, 0.15) is 6.42 Å². The fraction of sp³-hybridized carbons (Fsp3) is 0.400. The molecule has 0 spiro atoms. The SMILES string of the molecule is COC(=O)CCSc1nc(OC)ccc1[N+](=O)[O-]. The number of hydrogen-bond donors (Lipinski definition) is 0. The number of thioether (sulfide) groups is 1. The van der Waals surface area contributed by atoms with Gasteiger partial charge in [-0.2, -0.15) is 4.98 Å². The van der Waals surface area contributed by atoms with Gasteiger partial charge in [-0.3, -0.25) is 14.9 Å². The van der Waals surface area contributed by atoms with Gasteiger partial charge in [-0.25, -0.2) is 0 Å². The molecular weight excluding hydrogens is 260 g/mol. The average Bonchev–Trinajstić information content (AvgIpc) is 2.37. The number of rotatable bonds is 6. The number of ether oxygens (including phenoxy) is 2. The van der Waals surface area contributed by atoms with Gasteiger partial charge in [-0.05, 0) is 0 Å². The Hall–Kier alpha value is -1.83. The summed E-state index contributed by atoms with van der Waals surface area (Å²) in [6, 6.07) is 2.74. The van der Waals surface area contributed by atoms with E-state index in [1.165, 1.54) is 26.4 Å². The highest BCUT2D eigenvalue weighted by Gasteiger charge is 2.17. The van der Waals surface area contributed by atoms with Crippen molar-refractivity contribution in [2.24, 2.45) is 0 Å². The lowest BCUT2D eigenvalue weighted by atomic mass is 10.4. The zero-order valence-corrected chi connectivity index (χ0v) is 10.7. The Balaban J connectivity index is 2.78. The van der Waals surface area contributed by atoms with Crippen LogP contribution in [0, 0.1) is 10.1 Å². The lowest BCUT2D eigenvalue weighted by molar-refractivity contribution is -0.388. The van der Waals surface area contributed by atoms with Crippen LogP contribution in [0.25, 0.3) is 0 Å². The third-order valence-electron chi connectivity index (χ3n) is 1.99. The van der Waals surface area contributed by atoms with E-state index in [0.717, 1.165) is 11.8 Å². The van der Waals surface area contributed by atoms with E-state index in [2.05, 4.69) is 9.72 Å². The number of pyridine rings is 1. The Morgan fingerprint density at radius 2 is 2.22 bits per heavy atom. The second-order valence-corrected chi connectivity index (χ2v) is 4.19. The maximum Gasteiger partial charge on any atom is 0.306 e. The van der Waals surface area contributed by atoms with E-state index in [-0.39, 0.29) is 23.1 Å². The number of carbonyl (C=O) groups is 1. The van der Waals surface area contributed by atoms with Crippen LogP contribution in [-0.2, 0) is 9.53 Å².